The van der Waals surface area contributed by atoms with Crippen LogP contribution in [0.3, 0.4) is 0 Å². The molecule has 1 N–H and O–H groups in total. The Kier molecular flexibility index (Phi) is 5.21. The molecule has 0 saturated heterocycles. The number of halogens is 6. The Morgan fingerprint density at radius 1 is 0.688 bits per heavy atom. The minimum absolute atomic E-state index is 0.162. The van der Waals surface area contributed by atoms with Crippen molar-refractivity contribution in [3.63, 3.8) is 0 Å². The minimum atomic E-state index is -5.25. The predicted octanol–water partition coefficient (Wildman–Crippen LogP) is 7.00. The molecule has 0 heterocycles. The molecule has 164 valence electrons. The van der Waals surface area contributed by atoms with E-state index in [1.165, 1.54) is 36.4 Å². The number of benzene rings is 4. The molecule has 0 amide bonds. The fourth-order valence-electron chi connectivity index (χ4n) is 3.85. The highest BCUT2D eigenvalue weighted by Gasteiger charge is 2.43. The van der Waals surface area contributed by atoms with Crippen molar-refractivity contribution in [3.8, 4) is 11.1 Å². The third-order valence-electron chi connectivity index (χ3n) is 5.25. The zero-order chi connectivity index (χ0) is 23.3. The summed E-state index contributed by atoms with van der Waals surface area (Å²) < 4.78 is 80.7. The molecule has 0 aliphatic heterocycles. The molecule has 4 aromatic rings. The minimum Gasteiger partial charge on any atom is -0.379 e. The molecule has 1 atom stereocenters. The van der Waals surface area contributed by atoms with Gasteiger partial charge in [0.05, 0.1) is 0 Å². The Morgan fingerprint density at radius 2 is 1.19 bits per heavy atom. The van der Waals surface area contributed by atoms with Crippen LogP contribution in [0.15, 0.2) is 72.8 Å². The van der Waals surface area contributed by atoms with Crippen molar-refractivity contribution in [3.05, 3.63) is 83.9 Å². The monoisotopic (exact) mass is 448 g/mol. The first kappa shape index (κ1) is 21.8. The zero-order valence-corrected chi connectivity index (χ0v) is 16.1. The van der Waals surface area contributed by atoms with Crippen molar-refractivity contribution in [1.29, 1.82) is 0 Å². The lowest BCUT2D eigenvalue weighted by Gasteiger charge is -2.23. The summed E-state index contributed by atoms with van der Waals surface area (Å²) in [4.78, 5) is 12.3. The average molecular weight is 448 g/mol. The molecule has 0 radical (unpaired) electrons. The fourth-order valence-corrected chi connectivity index (χ4v) is 3.85. The predicted molar refractivity (Wildman–Crippen MR) is 108 cm³/mol. The Bertz CT molecular complexity index is 1340. The van der Waals surface area contributed by atoms with Crippen LogP contribution in [0.5, 0.6) is 0 Å². The van der Waals surface area contributed by atoms with Crippen LogP contribution in [-0.2, 0) is 0 Å². The van der Waals surface area contributed by atoms with E-state index in [2.05, 4.69) is 0 Å². The lowest BCUT2D eigenvalue weighted by molar-refractivity contribution is -0.206. The third kappa shape index (κ3) is 3.71. The van der Waals surface area contributed by atoms with Crippen LogP contribution in [0.4, 0.5) is 26.3 Å². The maximum absolute atomic E-state index is 13.5. The van der Waals surface area contributed by atoms with Crippen LogP contribution in [-0.4, -0.2) is 23.2 Å². The maximum Gasteiger partial charge on any atom is 0.454 e. The molecule has 4 aromatic carbocycles. The van der Waals surface area contributed by atoms with E-state index in [0.717, 1.165) is 12.1 Å². The summed E-state index contributed by atoms with van der Waals surface area (Å²) in [7, 11) is 0. The van der Waals surface area contributed by atoms with Gasteiger partial charge < -0.3 is 5.11 Å². The number of aliphatic hydroxyl groups excluding tert-OH is 1. The van der Waals surface area contributed by atoms with Gasteiger partial charge in [-0.1, -0.05) is 66.7 Å². The molecule has 0 bridgehead atoms. The second kappa shape index (κ2) is 7.63. The molecular formula is C24H14F6O2. The largest absolute Gasteiger partial charge is 0.454 e. The topological polar surface area (TPSA) is 37.3 Å². The van der Waals surface area contributed by atoms with E-state index < -0.39 is 35.4 Å². The first-order valence-electron chi connectivity index (χ1n) is 9.40. The van der Waals surface area contributed by atoms with E-state index in [0.29, 0.717) is 10.8 Å². The summed E-state index contributed by atoms with van der Waals surface area (Å²) >= 11 is 0. The van der Waals surface area contributed by atoms with E-state index >= 15 is 0 Å². The molecule has 0 fully saturated rings. The van der Waals surface area contributed by atoms with Gasteiger partial charge in [0.2, 0.25) is 0 Å². The number of ketones is 1. The highest BCUT2D eigenvalue weighted by atomic mass is 19.4. The Balaban J connectivity index is 2.22. The molecule has 1 unspecified atom stereocenters. The van der Waals surface area contributed by atoms with E-state index in [9.17, 15) is 36.2 Å². The van der Waals surface area contributed by atoms with E-state index in [1.54, 1.807) is 24.3 Å². The van der Waals surface area contributed by atoms with Crippen LogP contribution >= 0.6 is 0 Å². The van der Waals surface area contributed by atoms with E-state index in [1.807, 2.05) is 0 Å². The van der Waals surface area contributed by atoms with Crippen LogP contribution in [0.2, 0.25) is 0 Å². The summed E-state index contributed by atoms with van der Waals surface area (Å²) in [6.07, 6.45) is -13.3. The normalized spacial score (nSPS) is 13.5. The Morgan fingerprint density at radius 3 is 1.72 bits per heavy atom. The summed E-state index contributed by atoms with van der Waals surface area (Å²) in [5.41, 5.74) is -2.00. The summed E-state index contributed by atoms with van der Waals surface area (Å²) in [5.74, 6) is -2.18. The molecule has 32 heavy (non-hydrogen) atoms. The lowest BCUT2D eigenvalue weighted by atomic mass is 9.84. The molecule has 0 spiro atoms. The number of carbonyl (C=O) groups excluding carboxylic acids is 1. The summed E-state index contributed by atoms with van der Waals surface area (Å²) in [5, 5.41) is 11.3. The van der Waals surface area contributed by atoms with Gasteiger partial charge in [0.25, 0.3) is 5.78 Å². The zero-order valence-electron chi connectivity index (χ0n) is 16.1. The second-order valence-electron chi connectivity index (χ2n) is 7.23. The van der Waals surface area contributed by atoms with Gasteiger partial charge in [0.1, 0.15) is 0 Å². The number of fused-ring (bicyclic) bond motifs is 2. The van der Waals surface area contributed by atoms with Gasteiger partial charge in [-0.15, -0.1) is 0 Å². The van der Waals surface area contributed by atoms with Crippen LogP contribution in [0, 0.1) is 0 Å². The summed E-state index contributed by atoms with van der Waals surface area (Å²) in [6, 6.07) is 16.9. The average Bonchev–Trinajstić information content (AvgIpc) is 2.75. The third-order valence-corrected chi connectivity index (χ3v) is 5.25. The summed E-state index contributed by atoms with van der Waals surface area (Å²) in [6.45, 7) is 0. The van der Waals surface area contributed by atoms with Crippen molar-refractivity contribution < 1.29 is 36.2 Å². The van der Waals surface area contributed by atoms with Gasteiger partial charge in [-0.2, -0.15) is 26.3 Å². The molecule has 0 saturated carbocycles. The number of carbonyl (C=O) groups is 1. The van der Waals surface area contributed by atoms with Crippen LogP contribution in [0.25, 0.3) is 32.7 Å². The quantitative estimate of drug-likeness (QED) is 0.271. The number of aliphatic hydroxyl groups is 1. The fraction of sp³-hybridized carbons (Fsp3) is 0.125. The van der Waals surface area contributed by atoms with Gasteiger partial charge in [-0.25, -0.2) is 0 Å². The Labute approximate surface area is 177 Å². The van der Waals surface area contributed by atoms with Crippen molar-refractivity contribution >= 4 is 27.3 Å². The van der Waals surface area contributed by atoms with Crippen LogP contribution in [0.1, 0.15) is 22.0 Å². The first-order chi connectivity index (χ1) is 15.0. The maximum atomic E-state index is 13.5. The SMILES string of the molecule is O=C(c1ccc2ccccc2c1-c1c(C(O)C(F)(F)F)ccc2ccccc12)C(F)(F)F. The van der Waals surface area contributed by atoms with Gasteiger partial charge >= 0.3 is 12.4 Å². The molecule has 2 nitrogen and oxygen atoms in total. The smallest absolute Gasteiger partial charge is 0.379 e. The van der Waals surface area contributed by atoms with Gasteiger partial charge in [0.15, 0.2) is 6.10 Å². The number of alkyl halides is 6. The Hall–Kier alpha value is -3.39. The highest BCUT2D eigenvalue weighted by Crippen LogP contribution is 2.45. The van der Waals surface area contributed by atoms with Crippen LogP contribution < -0.4 is 0 Å². The molecule has 8 heteroatoms. The molecule has 4 rings (SSSR count). The van der Waals surface area contributed by atoms with Crippen molar-refractivity contribution in [2.24, 2.45) is 0 Å². The number of Topliss-reactive ketones (excluding diaryl/α,β-unsaturated/α-hetero) is 1. The van der Waals surface area contributed by atoms with Gasteiger partial charge in [-0.3, -0.25) is 4.79 Å². The van der Waals surface area contributed by atoms with Gasteiger partial charge in [-0.05, 0) is 38.7 Å². The van der Waals surface area contributed by atoms with E-state index in [-0.39, 0.29) is 21.9 Å². The standard InChI is InChI=1S/C24H14F6O2/c25-23(26,27)21(31)17-11-9-13-5-1-3-7-15(13)19(17)20-16-8-4-2-6-14(16)10-12-18(20)22(32)24(28,29)30/h1-12,21,31H. The number of hydrogen-bond acceptors (Lipinski definition) is 2. The van der Waals surface area contributed by atoms with Crippen molar-refractivity contribution in [1.82, 2.24) is 0 Å². The molecular weight excluding hydrogens is 434 g/mol. The highest BCUT2D eigenvalue weighted by molar-refractivity contribution is 6.16. The van der Waals surface area contributed by atoms with Gasteiger partial charge in [0, 0.05) is 11.1 Å². The molecule has 0 aliphatic rings. The molecule has 0 aromatic heterocycles. The first-order valence-corrected chi connectivity index (χ1v) is 9.40. The lowest BCUT2D eigenvalue weighted by Crippen LogP contribution is -2.24. The number of hydrogen-bond donors (Lipinski definition) is 1. The second-order valence-corrected chi connectivity index (χ2v) is 7.23. The number of rotatable bonds is 3. The van der Waals surface area contributed by atoms with Crippen molar-refractivity contribution in [2.45, 2.75) is 18.5 Å². The molecule has 0 aliphatic carbocycles. The van der Waals surface area contributed by atoms with Crippen molar-refractivity contribution in [2.75, 3.05) is 0 Å². The van der Waals surface area contributed by atoms with E-state index in [4.69, 9.17) is 0 Å².